The minimum absolute atomic E-state index is 0.901. The van der Waals surface area contributed by atoms with Crippen LogP contribution in [0.4, 0.5) is 13.2 Å². The summed E-state index contributed by atoms with van der Waals surface area (Å²) in [6.07, 6.45) is -4.67. The summed E-state index contributed by atoms with van der Waals surface area (Å²) in [6, 6.07) is 0. The number of rotatable bonds is 0. The quantitative estimate of drug-likeness (QED) is 0.475. The van der Waals surface area contributed by atoms with Gasteiger partial charge in [-0.15, -0.1) is 0 Å². The first-order chi connectivity index (χ1) is 2.94. The second-order valence-corrected chi connectivity index (χ2v) is 1.66. The summed E-state index contributed by atoms with van der Waals surface area (Å²) in [5.41, 5.74) is 0. The zero-order chi connectivity index (χ0) is 6.08. The zero-order valence-corrected chi connectivity index (χ0v) is 4.87. The molecule has 0 aliphatic heterocycles. The Labute approximate surface area is 45.7 Å². The third-order valence-corrected chi connectivity index (χ3v) is 0.774. The van der Waals surface area contributed by atoms with Gasteiger partial charge in [-0.3, -0.25) is 0 Å². The van der Waals surface area contributed by atoms with Crippen molar-refractivity contribution in [1.29, 1.82) is 0 Å². The van der Waals surface area contributed by atoms with Gasteiger partial charge in [0.2, 0.25) is 0 Å². The van der Waals surface area contributed by atoms with Gasteiger partial charge in [0.1, 0.15) is 0 Å². The first-order valence-electron chi connectivity index (χ1n) is 1.24. The molecule has 0 radical (unpaired) electrons. The maximum absolute atomic E-state index is 10.8. The van der Waals surface area contributed by atoms with Crippen LogP contribution in [0.15, 0.2) is 0 Å². The molecular formula is C2HF3OSe. The van der Waals surface area contributed by atoms with Crippen LogP contribution < -0.4 is 0 Å². The van der Waals surface area contributed by atoms with Gasteiger partial charge in [-0.25, -0.2) is 0 Å². The summed E-state index contributed by atoms with van der Waals surface area (Å²) >= 11 is 0.901. The second kappa shape index (κ2) is 1.84. The normalized spacial score (nSPS) is 11.4. The molecular weight excluding hydrogens is 176 g/mol. The molecule has 0 rings (SSSR count). The summed E-state index contributed by atoms with van der Waals surface area (Å²) in [5.74, 6) is 0. The van der Waals surface area contributed by atoms with Gasteiger partial charge in [0, 0.05) is 0 Å². The van der Waals surface area contributed by atoms with E-state index in [1.54, 1.807) is 0 Å². The van der Waals surface area contributed by atoms with Crippen molar-refractivity contribution < 1.29 is 18.0 Å². The average molecular weight is 177 g/mol. The average Bonchev–Trinajstić information content (AvgIpc) is 1.31. The summed E-state index contributed by atoms with van der Waals surface area (Å²) in [4.78, 5) is 9.31. The Balaban J connectivity index is 3.79. The first-order valence-corrected chi connectivity index (χ1v) is 2.18. The first kappa shape index (κ1) is 6.98. The third kappa shape index (κ3) is 2.65. The summed E-state index contributed by atoms with van der Waals surface area (Å²) < 4.78 is 30.6. The van der Waals surface area contributed by atoms with Crippen molar-refractivity contribution in [3.05, 3.63) is 0 Å². The van der Waals surface area contributed by atoms with Crippen LogP contribution in [0.2, 0.25) is 0 Å². The molecule has 0 aliphatic rings. The van der Waals surface area contributed by atoms with E-state index < -0.39 is 10.9 Å². The topological polar surface area (TPSA) is 17.1 Å². The molecule has 0 N–H and O–H groups in total. The van der Waals surface area contributed by atoms with Gasteiger partial charge in [-0.05, 0) is 0 Å². The number of halogens is 3. The van der Waals surface area contributed by atoms with E-state index >= 15 is 0 Å². The maximum atomic E-state index is 10.8. The van der Waals surface area contributed by atoms with Gasteiger partial charge < -0.3 is 0 Å². The molecule has 0 amide bonds. The van der Waals surface area contributed by atoms with Crippen LogP contribution in [0.3, 0.4) is 0 Å². The van der Waals surface area contributed by atoms with E-state index in [1.165, 1.54) is 0 Å². The molecule has 0 bridgehead atoms. The molecule has 7 heavy (non-hydrogen) atoms. The molecule has 0 unspecified atom stereocenters. The van der Waals surface area contributed by atoms with Gasteiger partial charge in [0.05, 0.1) is 0 Å². The van der Waals surface area contributed by atoms with Crippen molar-refractivity contribution in [3.63, 3.8) is 0 Å². The monoisotopic (exact) mass is 178 g/mol. The van der Waals surface area contributed by atoms with Gasteiger partial charge in [0.25, 0.3) is 0 Å². The Morgan fingerprint density at radius 2 is 1.57 bits per heavy atom. The fourth-order valence-electron chi connectivity index (χ4n) is 0. The van der Waals surface area contributed by atoms with Gasteiger partial charge >= 0.3 is 44.8 Å². The van der Waals surface area contributed by atoms with E-state index in [2.05, 4.69) is 0 Å². The third-order valence-electron chi connectivity index (χ3n) is 0.243. The van der Waals surface area contributed by atoms with Crippen molar-refractivity contribution in [3.8, 4) is 0 Å². The number of hydrogen-bond donors (Lipinski definition) is 0. The molecule has 0 aromatic heterocycles. The summed E-state index contributed by atoms with van der Waals surface area (Å²) in [6.45, 7) is 0. The fourth-order valence-corrected chi connectivity index (χ4v) is 0. The minimum atomic E-state index is -4.67. The molecule has 42 valence electrons. The van der Waals surface area contributed by atoms with E-state index in [-0.39, 0.29) is 0 Å². The molecule has 0 aromatic rings. The van der Waals surface area contributed by atoms with Crippen molar-refractivity contribution in [1.82, 2.24) is 0 Å². The van der Waals surface area contributed by atoms with E-state index in [1.807, 2.05) is 0 Å². The molecule has 0 spiro atoms. The second-order valence-electron chi connectivity index (χ2n) is 0.803. The molecule has 0 aromatic carbocycles. The van der Waals surface area contributed by atoms with Gasteiger partial charge in [-0.2, -0.15) is 0 Å². The van der Waals surface area contributed by atoms with Gasteiger partial charge in [0.15, 0.2) is 0 Å². The SMILES string of the molecule is O=C([SeH])C(F)(F)F. The Morgan fingerprint density at radius 3 is 1.57 bits per heavy atom. The summed E-state index contributed by atoms with van der Waals surface area (Å²) in [5, 5.41) is 0. The molecule has 0 aliphatic carbocycles. The number of carbonyl (C=O) groups is 1. The van der Waals surface area contributed by atoms with E-state index in [9.17, 15) is 18.0 Å². The zero-order valence-electron chi connectivity index (χ0n) is 2.99. The van der Waals surface area contributed by atoms with Crippen molar-refractivity contribution in [2.75, 3.05) is 0 Å². The van der Waals surface area contributed by atoms with Crippen LogP contribution in [0.5, 0.6) is 0 Å². The number of carbonyl (C=O) groups excluding carboxylic acids is 1. The molecule has 0 fully saturated rings. The van der Waals surface area contributed by atoms with Crippen LogP contribution in [0, 0.1) is 0 Å². The van der Waals surface area contributed by atoms with Crippen LogP contribution >= 0.6 is 0 Å². The standard InChI is InChI=1S/C2HF3OSe/c3-2(4,5)1(6)7/h(H,6,7). The van der Waals surface area contributed by atoms with Crippen molar-refractivity contribution >= 4 is 20.7 Å². The number of alkyl halides is 3. The molecule has 0 saturated heterocycles. The van der Waals surface area contributed by atoms with Crippen molar-refractivity contribution in [2.45, 2.75) is 6.18 Å². The Morgan fingerprint density at radius 1 is 1.43 bits per heavy atom. The Hall–Kier alpha value is -0.0205. The van der Waals surface area contributed by atoms with Crippen LogP contribution in [0.1, 0.15) is 0 Å². The van der Waals surface area contributed by atoms with E-state index in [0.29, 0.717) is 0 Å². The Kier molecular flexibility index (Phi) is 1.83. The van der Waals surface area contributed by atoms with Crippen LogP contribution in [0.25, 0.3) is 0 Å². The molecule has 1 nitrogen and oxygen atoms in total. The predicted octanol–water partition coefficient (Wildman–Crippen LogP) is -0.0239. The number of hydrogen-bond acceptors (Lipinski definition) is 1. The van der Waals surface area contributed by atoms with Crippen LogP contribution in [-0.2, 0) is 4.79 Å². The molecule has 0 saturated carbocycles. The molecule has 5 heteroatoms. The molecule has 0 atom stereocenters. The van der Waals surface area contributed by atoms with E-state index in [4.69, 9.17) is 0 Å². The predicted molar refractivity (Wildman–Crippen MR) is 18.2 cm³/mol. The van der Waals surface area contributed by atoms with Crippen LogP contribution in [-0.4, -0.2) is 26.9 Å². The Bertz CT molecular complexity index is 85.4. The fraction of sp³-hybridized carbons (Fsp3) is 0.500. The molecule has 0 heterocycles. The summed E-state index contributed by atoms with van der Waals surface area (Å²) in [7, 11) is 0. The van der Waals surface area contributed by atoms with Crippen molar-refractivity contribution in [2.24, 2.45) is 0 Å². The van der Waals surface area contributed by atoms with E-state index in [0.717, 1.165) is 16.0 Å². The van der Waals surface area contributed by atoms with Gasteiger partial charge in [-0.1, -0.05) is 0 Å².